The second-order valence-electron chi connectivity index (χ2n) is 10.6. The molecule has 3 aliphatic rings. The molecule has 7 N–H and O–H groups in total. The van der Waals surface area contributed by atoms with Crippen LogP contribution in [0.3, 0.4) is 0 Å². The molecule has 0 saturated carbocycles. The number of benzene rings is 4. The van der Waals surface area contributed by atoms with Crippen LogP contribution in [0.5, 0.6) is 46.0 Å². The van der Waals surface area contributed by atoms with E-state index in [1.54, 1.807) is 18.2 Å². The van der Waals surface area contributed by atoms with Crippen LogP contribution in [0, 0.1) is 0 Å². The highest BCUT2D eigenvalue weighted by Crippen LogP contribution is 2.54. The Labute approximate surface area is 233 Å². The molecule has 3 aliphatic heterocycles. The Bertz CT molecular complexity index is 1700. The van der Waals surface area contributed by atoms with Crippen LogP contribution in [0.1, 0.15) is 51.5 Å². The van der Waals surface area contributed by atoms with Gasteiger partial charge in [0.05, 0.1) is 12.7 Å². The molecule has 10 nitrogen and oxygen atoms in total. The molecule has 7 rings (SSSR count). The van der Waals surface area contributed by atoms with E-state index in [1.165, 1.54) is 42.5 Å². The van der Waals surface area contributed by atoms with Crippen molar-refractivity contribution in [2.75, 3.05) is 0 Å². The van der Waals surface area contributed by atoms with Crippen LogP contribution in [0.4, 0.5) is 0 Å². The first-order chi connectivity index (χ1) is 19.7. The molecule has 10 heteroatoms. The van der Waals surface area contributed by atoms with Gasteiger partial charge in [-0.25, -0.2) is 0 Å². The van der Waals surface area contributed by atoms with Crippen molar-refractivity contribution in [3.05, 3.63) is 94.0 Å². The molecule has 0 amide bonds. The van der Waals surface area contributed by atoms with Crippen molar-refractivity contribution in [3.63, 3.8) is 0 Å². The van der Waals surface area contributed by atoms with Crippen molar-refractivity contribution in [3.8, 4) is 46.0 Å². The highest BCUT2D eigenvalue weighted by molar-refractivity contribution is 5.58. The molecule has 41 heavy (non-hydrogen) atoms. The molecule has 4 aromatic rings. The number of fused-ring (bicyclic) bond motifs is 5. The lowest BCUT2D eigenvalue weighted by molar-refractivity contribution is -0.0714. The first-order valence-electron chi connectivity index (χ1n) is 13.1. The second-order valence-corrected chi connectivity index (χ2v) is 10.6. The lowest BCUT2D eigenvalue weighted by atomic mass is 9.77. The average Bonchev–Trinajstić information content (AvgIpc) is 2.94. The molecular formula is C31H26O10. The summed E-state index contributed by atoms with van der Waals surface area (Å²) in [6, 6.07) is 15.0. The van der Waals surface area contributed by atoms with Gasteiger partial charge in [0.2, 0.25) is 0 Å². The zero-order valence-electron chi connectivity index (χ0n) is 21.4. The van der Waals surface area contributed by atoms with Crippen LogP contribution in [0.25, 0.3) is 0 Å². The number of rotatable bonds is 2. The van der Waals surface area contributed by atoms with Gasteiger partial charge >= 0.3 is 0 Å². The summed E-state index contributed by atoms with van der Waals surface area (Å²) in [6.07, 6.45) is -3.00. The Morgan fingerprint density at radius 3 is 2.15 bits per heavy atom. The summed E-state index contributed by atoms with van der Waals surface area (Å²) < 4.78 is 18.6. The maximum absolute atomic E-state index is 11.3. The van der Waals surface area contributed by atoms with E-state index >= 15 is 0 Å². The minimum atomic E-state index is -0.982. The number of ether oxygens (including phenoxy) is 3. The van der Waals surface area contributed by atoms with Crippen molar-refractivity contribution in [2.24, 2.45) is 0 Å². The molecule has 0 unspecified atom stereocenters. The third-order valence-electron chi connectivity index (χ3n) is 8.09. The molecule has 3 heterocycles. The third-order valence-corrected chi connectivity index (χ3v) is 8.09. The van der Waals surface area contributed by atoms with Crippen LogP contribution >= 0.6 is 0 Å². The van der Waals surface area contributed by atoms with Crippen molar-refractivity contribution >= 4 is 0 Å². The SMILES string of the molecule is Oc1ccc2c(c1)O[C@H]1c3cc(O)c(O)cc3CO[C@H]1[C@@H]2c1cc2c(cc1O)O[C@H](c1ccc(O)c(O)c1)[C@@H](O)C2. The van der Waals surface area contributed by atoms with Gasteiger partial charge in [-0.3, -0.25) is 0 Å². The van der Waals surface area contributed by atoms with E-state index in [2.05, 4.69) is 0 Å². The molecule has 0 spiro atoms. The van der Waals surface area contributed by atoms with Crippen LogP contribution in [-0.2, 0) is 17.8 Å². The van der Waals surface area contributed by atoms with Gasteiger partial charge in [-0.15, -0.1) is 0 Å². The van der Waals surface area contributed by atoms with Gasteiger partial charge in [-0.05, 0) is 53.1 Å². The van der Waals surface area contributed by atoms with E-state index in [4.69, 9.17) is 14.2 Å². The summed E-state index contributed by atoms with van der Waals surface area (Å²) in [7, 11) is 0. The molecule has 0 radical (unpaired) electrons. The number of phenolic OH excluding ortho intramolecular Hbond substituents is 6. The zero-order chi connectivity index (χ0) is 28.6. The number of aliphatic hydroxyl groups excluding tert-OH is 1. The zero-order valence-corrected chi connectivity index (χ0v) is 21.4. The second kappa shape index (κ2) is 9.12. The van der Waals surface area contributed by atoms with E-state index in [9.17, 15) is 35.7 Å². The fourth-order valence-electron chi connectivity index (χ4n) is 6.12. The Kier molecular flexibility index (Phi) is 5.60. The van der Waals surface area contributed by atoms with Crippen LogP contribution in [-0.4, -0.2) is 48.0 Å². The molecule has 210 valence electrons. The Hall–Kier alpha value is -4.80. The van der Waals surface area contributed by atoms with Gasteiger partial charge in [0, 0.05) is 41.2 Å². The first kappa shape index (κ1) is 25.2. The van der Waals surface area contributed by atoms with Crippen LogP contribution in [0.15, 0.2) is 60.7 Å². The third kappa shape index (κ3) is 4.02. The summed E-state index contributed by atoms with van der Waals surface area (Å²) >= 11 is 0. The van der Waals surface area contributed by atoms with Crippen LogP contribution < -0.4 is 9.47 Å². The lowest BCUT2D eigenvalue weighted by Gasteiger charge is -2.43. The largest absolute Gasteiger partial charge is 0.508 e. The monoisotopic (exact) mass is 558 g/mol. The summed E-state index contributed by atoms with van der Waals surface area (Å²) in [5, 5.41) is 72.4. The minimum absolute atomic E-state index is 0.0102. The smallest absolute Gasteiger partial charge is 0.157 e. The molecule has 0 fully saturated rings. The highest BCUT2D eigenvalue weighted by atomic mass is 16.5. The predicted octanol–water partition coefficient (Wildman–Crippen LogP) is 4.12. The van der Waals surface area contributed by atoms with E-state index in [1.807, 2.05) is 0 Å². The number of hydrogen-bond donors (Lipinski definition) is 7. The molecule has 5 atom stereocenters. The molecule has 4 aromatic carbocycles. The number of aromatic hydroxyl groups is 6. The molecular weight excluding hydrogens is 532 g/mol. The Morgan fingerprint density at radius 1 is 0.585 bits per heavy atom. The van der Waals surface area contributed by atoms with Gasteiger partial charge in [0.15, 0.2) is 29.1 Å². The maximum Gasteiger partial charge on any atom is 0.157 e. The standard InChI is InChI=1S/C31H26O10/c32-16-2-3-17-27(9-16)41-30-18-10-24(37)23(36)8-15(18)12-39-31(30)28(17)19-5-14-7-25(38)29(40-26(14)11-21(19)34)13-1-4-20(33)22(35)6-13/h1-6,8-11,25,28-38H,7,12H2/t25-,28-,29+,30-,31-/m0/s1. The van der Waals surface area contributed by atoms with Gasteiger partial charge in [-0.1, -0.05) is 12.1 Å². The van der Waals surface area contributed by atoms with Gasteiger partial charge in [-0.2, -0.15) is 0 Å². The normalized spacial score (nSPS) is 24.2. The topological polar surface area (TPSA) is 169 Å². The van der Waals surface area contributed by atoms with Gasteiger partial charge < -0.3 is 50.0 Å². The van der Waals surface area contributed by atoms with Crippen molar-refractivity contribution in [2.45, 2.75) is 43.4 Å². The number of phenols is 6. The average molecular weight is 559 g/mol. The lowest BCUT2D eigenvalue weighted by Crippen LogP contribution is -2.40. The van der Waals surface area contributed by atoms with Gasteiger partial charge in [0.25, 0.3) is 0 Å². The summed E-state index contributed by atoms with van der Waals surface area (Å²) in [5.74, 6) is -1.12. The summed E-state index contributed by atoms with van der Waals surface area (Å²) in [5.41, 5.74) is 3.53. The Morgan fingerprint density at radius 2 is 1.34 bits per heavy atom. The van der Waals surface area contributed by atoms with E-state index in [0.29, 0.717) is 44.9 Å². The molecule has 0 saturated heterocycles. The van der Waals surface area contributed by atoms with Crippen molar-refractivity contribution < 1.29 is 50.0 Å². The molecule has 0 bridgehead atoms. The minimum Gasteiger partial charge on any atom is -0.508 e. The van der Waals surface area contributed by atoms with Crippen molar-refractivity contribution in [1.82, 2.24) is 0 Å². The summed E-state index contributed by atoms with van der Waals surface area (Å²) in [6.45, 7) is 0.131. The number of hydrogen-bond acceptors (Lipinski definition) is 10. The van der Waals surface area contributed by atoms with Crippen molar-refractivity contribution in [1.29, 1.82) is 0 Å². The fraction of sp³-hybridized carbons (Fsp3) is 0.226. The fourth-order valence-corrected chi connectivity index (χ4v) is 6.12. The maximum atomic E-state index is 11.3. The summed E-state index contributed by atoms with van der Waals surface area (Å²) in [4.78, 5) is 0. The van der Waals surface area contributed by atoms with Crippen LogP contribution in [0.2, 0.25) is 0 Å². The quantitative estimate of drug-likeness (QED) is 0.178. The van der Waals surface area contributed by atoms with Gasteiger partial charge in [0.1, 0.15) is 35.2 Å². The molecule has 0 aromatic heterocycles. The molecule has 0 aliphatic carbocycles. The number of aliphatic hydroxyl groups is 1. The predicted molar refractivity (Wildman–Crippen MR) is 143 cm³/mol. The van der Waals surface area contributed by atoms with E-state index < -0.39 is 30.3 Å². The van der Waals surface area contributed by atoms with E-state index in [-0.39, 0.29) is 47.5 Å². The Balaban J connectivity index is 1.31. The van der Waals surface area contributed by atoms with E-state index in [0.717, 1.165) is 0 Å². The highest BCUT2D eigenvalue weighted by Gasteiger charge is 2.46. The first-order valence-corrected chi connectivity index (χ1v) is 13.1.